The van der Waals surface area contributed by atoms with Gasteiger partial charge >= 0.3 is 0 Å². The molecule has 1 N–H and O–H groups in total. The molecule has 90 valence electrons. The Kier molecular flexibility index (Phi) is 5.26. The molecule has 1 heterocycles. The highest BCUT2D eigenvalue weighted by Gasteiger charge is 1.97. The summed E-state index contributed by atoms with van der Waals surface area (Å²) in [5.41, 5.74) is 2.53. The van der Waals surface area contributed by atoms with E-state index in [1.807, 2.05) is 10.9 Å². The van der Waals surface area contributed by atoms with Gasteiger partial charge in [-0.1, -0.05) is 32.4 Å². The molecular formula is C13H23N3. The third kappa shape index (κ3) is 4.62. The lowest BCUT2D eigenvalue weighted by atomic mass is 10.2. The molecule has 1 aromatic rings. The number of hydrogen-bond donors (Lipinski definition) is 1. The third-order valence-electron chi connectivity index (χ3n) is 2.31. The summed E-state index contributed by atoms with van der Waals surface area (Å²) in [7, 11) is 0. The summed E-state index contributed by atoms with van der Waals surface area (Å²) >= 11 is 0. The van der Waals surface area contributed by atoms with Gasteiger partial charge < -0.3 is 5.32 Å². The van der Waals surface area contributed by atoms with Crippen LogP contribution < -0.4 is 5.32 Å². The van der Waals surface area contributed by atoms with E-state index in [0.717, 1.165) is 19.5 Å². The average Bonchev–Trinajstić information content (AvgIpc) is 2.63. The maximum absolute atomic E-state index is 4.31. The van der Waals surface area contributed by atoms with Crippen molar-refractivity contribution in [3.05, 3.63) is 23.5 Å². The minimum absolute atomic E-state index is 0.533. The summed E-state index contributed by atoms with van der Waals surface area (Å²) < 4.78 is 2.00. The highest BCUT2D eigenvalue weighted by atomic mass is 15.3. The lowest BCUT2D eigenvalue weighted by Gasteiger charge is -2.07. The molecule has 0 atom stereocenters. The first kappa shape index (κ1) is 13.0. The zero-order valence-corrected chi connectivity index (χ0v) is 10.8. The predicted molar refractivity (Wildman–Crippen MR) is 69.3 cm³/mol. The Morgan fingerprint density at radius 2 is 2.31 bits per heavy atom. The summed E-state index contributed by atoms with van der Waals surface area (Å²) in [4.78, 5) is 0. The van der Waals surface area contributed by atoms with Gasteiger partial charge in [0.15, 0.2) is 0 Å². The molecule has 0 unspecified atom stereocenters. The van der Waals surface area contributed by atoms with Crippen molar-refractivity contribution in [2.75, 3.05) is 6.54 Å². The fraction of sp³-hybridized carbons (Fsp3) is 0.615. The zero-order chi connectivity index (χ0) is 12.0. The summed E-state index contributed by atoms with van der Waals surface area (Å²) in [6.07, 6.45) is 7.34. The second-order valence-corrected chi connectivity index (χ2v) is 4.56. The van der Waals surface area contributed by atoms with Crippen LogP contribution in [0.5, 0.6) is 0 Å². The molecule has 0 saturated heterocycles. The van der Waals surface area contributed by atoms with E-state index in [2.05, 4.69) is 50.4 Å². The molecule has 0 radical (unpaired) electrons. The number of hydrogen-bond acceptors (Lipinski definition) is 2. The molecule has 0 aliphatic heterocycles. The van der Waals surface area contributed by atoms with Crippen molar-refractivity contribution in [2.24, 2.45) is 0 Å². The Labute approximate surface area is 98.5 Å². The number of nitrogens with zero attached hydrogens (tertiary/aromatic N) is 2. The molecule has 0 amide bonds. The van der Waals surface area contributed by atoms with E-state index in [-0.39, 0.29) is 0 Å². The SMILES string of the molecule is CCCn1cc(/C=C(/C)CNC(C)C)cn1. The quantitative estimate of drug-likeness (QED) is 0.800. The first-order chi connectivity index (χ1) is 7.61. The largest absolute Gasteiger partial charge is 0.311 e. The molecule has 1 rings (SSSR count). The molecule has 0 bridgehead atoms. The van der Waals surface area contributed by atoms with Gasteiger partial charge in [0.25, 0.3) is 0 Å². The molecule has 0 fully saturated rings. The first-order valence-corrected chi connectivity index (χ1v) is 6.04. The van der Waals surface area contributed by atoms with E-state index in [1.54, 1.807) is 0 Å². The van der Waals surface area contributed by atoms with Gasteiger partial charge in [-0.2, -0.15) is 5.10 Å². The van der Waals surface area contributed by atoms with Crippen molar-refractivity contribution in [3.63, 3.8) is 0 Å². The second kappa shape index (κ2) is 6.48. The third-order valence-corrected chi connectivity index (χ3v) is 2.31. The summed E-state index contributed by atoms with van der Waals surface area (Å²) in [6.45, 7) is 10.6. The number of rotatable bonds is 6. The fourth-order valence-electron chi connectivity index (χ4n) is 1.51. The second-order valence-electron chi connectivity index (χ2n) is 4.56. The lowest BCUT2D eigenvalue weighted by Crippen LogP contribution is -2.24. The minimum atomic E-state index is 0.533. The lowest BCUT2D eigenvalue weighted by molar-refractivity contribution is 0.602. The fourth-order valence-corrected chi connectivity index (χ4v) is 1.51. The van der Waals surface area contributed by atoms with E-state index < -0.39 is 0 Å². The van der Waals surface area contributed by atoms with Gasteiger partial charge in [-0.05, 0) is 13.3 Å². The smallest absolute Gasteiger partial charge is 0.0562 e. The van der Waals surface area contributed by atoms with Gasteiger partial charge in [0, 0.05) is 30.9 Å². The van der Waals surface area contributed by atoms with Crippen LogP contribution in [0, 0.1) is 0 Å². The van der Waals surface area contributed by atoms with Gasteiger partial charge in [0.05, 0.1) is 6.20 Å². The van der Waals surface area contributed by atoms with Crippen molar-refractivity contribution < 1.29 is 0 Å². The van der Waals surface area contributed by atoms with Gasteiger partial charge in [0.1, 0.15) is 0 Å². The monoisotopic (exact) mass is 221 g/mol. The van der Waals surface area contributed by atoms with Crippen LogP contribution in [0.3, 0.4) is 0 Å². The number of aromatic nitrogens is 2. The maximum Gasteiger partial charge on any atom is 0.0562 e. The average molecular weight is 221 g/mol. The Hall–Kier alpha value is -1.09. The Morgan fingerprint density at radius 1 is 1.56 bits per heavy atom. The standard InChI is InChI=1S/C13H23N3/c1-5-6-16-10-13(9-15-16)7-12(4)8-14-11(2)3/h7,9-11,14H,5-6,8H2,1-4H3/b12-7-. The topological polar surface area (TPSA) is 29.9 Å². The summed E-state index contributed by atoms with van der Waals surface area (Å²) in [5, 5.41) is 7.71. The molecule has 0 aliphatic rings. The van der Waals surface area contributed by atoms with E-state index in [4.69, 9.17) is 0 Å². The minimum Gasteiger partial charge on any atom is -0.311 e. The van der Waals surface area contributed by atoms with Gasteiger partial charge in [-0.3, -0.25) is 4.68 Å². The normalized spacial score (nSPS) is 12.4. The van der Waals surface area contributed by atoms with Crippen LogP contribution in [0.2, 0.25) is 0 Å². The van der Waals surface area contributed by atoms with Crippen molar-refractivity contribution in [1.29, 1.82) is 0 Å². The molecule has 0 aliphatic carbocycles. The molecule has 0 spiro atoms. The molecular weight excluding hydrogens is 198 g/mol. The van der Waals surface area contributed by atoms with Crippen molar-refractivity contribution in [2.45, 2.75) is 46.7 Å². The van der Waals surface area contributed by atoms with Crippen LogP contribution in [-0.2, 0) is 6.54 Å². The van der Waals surface area contributed by atoms with E-state index in [0.29, 0.717) is 6.04 Å². The maximum atomic E-state index is 4.31. The van der Waals surface area contributed by atoms with Crippen LogP contribution in [0.15, 0.2) is 18.0 Å². The van der Waals surface area contributed by atoms with Crippen LogP contribution >= 0.6 is 0 Å². The highest BCUT2D eigenvalue weighted by Crippen LogP contribution is 2.05. The number of aryl methyl sites for hydroxylation is 1. The Morgan fingerprint density at radius 3 is 2.94 bits per heavy atom. The first-order valence-electron chi connectivity index (χ1n) is 6.04. The predicted octanol–water partition coefficient (Wildman–Crippen LogP) is 2.69. The van der Waals surface area contributed by atoms with Crippen LogP contribution in [0.4, 0.5) is 0 Å². The van der Waals surface area contributed by atoms with Gasteiger partial charge in [0.2, 0.25) is 0 Å². The summed E-state index contributed by atoms with van der Waals surface area (Å²) in [5.74, 6) is 0. The zero-order valence-electron chi connectivity index (χ0n) is 10.8. The van der Waals surface area contributed by atoms with Gasteiger partial charge in [-0.25, -0.2) is 0 Å². The summed E-state index contributed by atoms with van der Waals surface area (Å²) in [6, 6.07) is 0.533. The van der Waals surface area contributed by atoms with Crippen LogP contribution in [-0.4, -0.2) is 22.4 Å². The Balaban J connectivity index is 2.52. The van der Waals surface area contributed by atoms with Crippen LogP contribution in [0.25, 0.3) is 6.08 Å². The van der Waals surface area contributed by atoms with Gasteiger partial charge in [-0.15, -0.1) is 0 Å². The van der Waals surface area contributed by atoms with Crippen molar-refractivity contribution >= 4 is 6.08 Å². The molecule has 0 aromatic carbocycles. The molecule has 1 aromatic heterocycles. The highest BCUT2D eigenvalue weighted by molar-refractivity contribution is 5.50. The van der Waals surface area contributed by atoms with Crippen molar-refractivity contribution in [1.82, 2.24) is 15.1 Å². The van der Waals surface area contributed by atoms with E-state index in [9.17, 15) is 0 Å². The van der Waals surface area contributed by atoms with Crippen molar-refractivity contribution in [3.8, 4) is 0 Å². The number of nitrogens with one attached hydrogen (secondary N) is 1. The van der Waals surface area contributed by atoms with E-state index in [1.165, 1.54) is 11.1 Å². The molecule has 3 nitrogen and oxygen atoms in total. The molecule has 3 heteroatoms. The van der Waals surface area contributed by atoms with Crippen LogP contribution in [0.1, 0.15) is 39.7 Å². The van der Waals surface area contributed by atoms with E-state index >= 15 is 0 Å². The molecule has 16 heavy (non-hydrogen) atoms. The molecule has 0 saturated carbocycles. The Bertz CT molecular complexity index is 337.